The van der Waals surface area contributed by atoms with E-state index in [9.17, 15) is 8.42 Å². The van der Waals surface area contributed by atoms with Crippen LogP contribution < -0.4 is 5.14 Å². The molecule has 9 heteroatoms. The molecule has 0 bridgehead atoms. The summed E-state index contributed by atoms with van der Waals surface area (Å²) in [5, 5.41) is 6.00. The van der Waals surface area contributed by atoms with E-state index in [2.05, 4.69) is 19.9 Å². The van der Waals surface area contributed by atoms with Crippen LogP contribution in [0.15, 0.2) is 47.9 Å². The summed E-state index contributed by atoms with van der Waals surface area (Å²) in [4.78, 5) is 17.3. The average molecular weight is 354 g/mol. The lowest BCUT2D eigenvalue weighted by Crippen LogP contribution is -2.12. The van der Waals surface area contributed by atoms with Gasteiger partial charge in [-0.15, -0.1) is 0 Å². The van der Waals surface area contributed by atoms with Crippen LogP contribution in [0.5, 0.6) is 0 Å². The molecule has 0 unspecified atom stereocenters. The molecule has 25 heavy (non-hydrogen) atoms. The van der Waals surface area contributed by atoms with Crippen molar-refractivity contribution >= 4 is 32.1 Å². The Morgan fingerprint density at radius 3 is 2.64 bits per heavy atom. The second-order valence-electron chi connectivity index (χ2n) is 5.72. The van der Waals surface area contributed by atoms with Crippen LogP contribution in [0.2, 0.25) is 0 Å². The fourth-order valence-electron chi connectivity index (χ4n) is 2.70. The topological polar surface area (TPSA) is 117 Å². The van der Waals surface area contributed by atoms with Gasteiger partial charge in [-0.1, -0.05) is 0 Å². The van der Waals surface area contributed by atoms with Crippen molar-refractivity contribution in [3.05, 3.63) is 54.4 Å². The number of hydrogen-bond acceptors (Lipinski definition) is 6. The van der Waals surface area contributed by atoms with Crippen LogP contribution in [-0.4, -0.2) is 32.9 Å². The highest BCUT2D eigenvalue weighted by atomic mass is 32.2. The minimum atomic E-state index is -3.75. The van der Waals surface area contributed by atoms with Gasteiger partial charge in [-0.2, -0.15) is 0 Å². The third kappa shape index (κ3) is 2.83. The molecule has 4 rings (SSSR count). The number of nitrogens with two attached hydrogens (primary N) is 1. The lowest BCUT2D eigenvalue weighted by molar-refractivity contribution is 0.597. The van der Waals surface area contributed by atoms with Gasteiger partial charge in [0.15, 0.2) is 5.65 Å². The monoisotopic (exact) mass is 354 g/mol. The molecule has 0 amide bonds. The molecule has 0 aromatic carbocycles. The zero-order chi connectivity index (χ0) is 17.6. The van der Waals surface area contributed by atoms with Crippen LogP contribution in [0, 0.1) is 6.92 Å². The van der Waals surface area contributed by atoms with Crippen molar-refractivity contribution < 1.29 is 8.42 Å². The molecular weight excluding hydrogens is 340 g/mol. The number of pyridine rings is 3. The standard InChI is InChI=1S/C16H14N6O2S/c1-10-2-5-13-15-14(7-19-16(13)21-10)20-9-22(15)8-11-3-4-12(6-18-11)25(17,23)24/h2-7,9H,8H2,1H3,(H2,17,23,24). The summed E-state index contributed by atoms with van der Waals surface area (Å²) in [5.41, 5.74) is 3.92. The van der Waals surface area contributed by atoms with Crippen LogP contribution in [0.4, 0.5) is 0 Å². The van der Waals surface area contributed by atoms with Gasteiger partial charge in [0.2, 0.25) is 10.0 Å². The molecule has 0 aliphatic heterocycles. The third-order valence-electron chi connectivity index (χ3n) is 3.90. The number of sulfonamides is 1. The molecule has 0 radical (unpaired) electrons. The Kier molecular flexibility index (Phi) is 3.48. The summed E-state index contributed by atoms with van der Waals surface area (Å²) >= 11 is 0. The molecule has 0 aliphatic carbocycles. The van der Waals surface area contributed by atoms with E-state index in [1.807, 2.05) is 23.6 Å². The normalized spacial score (nSPS) is 12.1. The molecule has 4 heterocycles. The van der Waals surface area contributed by atoms with Gasteiger partial charge in [0.1, 0.15) is 10.4 Å². The molecule has 8 nitrogen and oxygen atoms in total. The number of nitrogens with zero attached hydrogens (tertiary/aromatic N) is 5. The fourth-order valence-corrected chi connectivity index (χ4v) is 3.16. The number of rotatable bonds is 3. The highest BCUT2D eigenvalue weighted by Crippen LogP contribution is 2.22. The van der Waals surface area contributed by atoms with Gasteiger partial charge in [0, 0.05) is 17.3 Å². The number of aromatic nitrogens is 5. The first-order chi connectivity index (χ1) is 11.9. The van der Waals surface area contributed by atoms with Crippen LogP contribution in [0.25, 0.3) is 22.1 Å². The first-order valence-corrected chi connectivity index (χ1v) is 9.01. The molecule has 4 aromatic rings. The average Bonchev–Trinajstić information content (AvgIpc) is 2.97. The van der Waals surface area contributed by atoms with Gasteiger partial charge in [-0.25, -0.2) is 28.5 Å². The van der Waals surface area contributed by atoms with Crippen LogP contribution in [-0.2, 0) is 16.6 Å². The minimum absolute atomic E-state index is 0.0129. The number of fused-ring (bicyclic) bond motifs is 3. The van der Waals surface area contributed by atoms with Crippen molar-refractivity contribution in [2.75, 3.05) is 0 Å². The van der Waals surface area contributed by atoms with Crippen LogP contribution >= 0.6 is 0 Å². The van der Waals surface area contributed by atoms with Crippen molar-refractivity contribution in [1.29, 1.82) is 0 Å². The summed E-state index contributed by atoms with van der Waals surface area (Å²) in [7, 11) is -3.75. The maximum absolute atomic E-state index is 11.3. The summed E-state index contributed by atoms with van der Waals surface area (Å²) in [6.07, 6.45) is 4.66. The molecule has 4 aromatic heterocycles. The van der Waals surface area contributed by atoms with Gasteiger partial charge in [-0.3, -0.25) is 4.98 Å². The molecule has 0 saturated carbocycles. The lowest BCUT2D eigenvalue weighted by atomic mass is 10.2. The second-order valence-corrected chi connectivity index (χ2v) is 7.28. The van der Waals surface area contributed by atoms with Crippen molar-refractivity contribution in [3.63, 3.8) is 0 Å². The van der Waals surface area contributed by atoms with Crippen LogP contribution in [0.1, 0.15) is 11.4 Å². The SMILES string of the molecule is Cc1ccc2c(ncc3ncn(Cc4ccc(S(N)(=O)=O)cn4)c32)n1. The Bertz CT molecular complexity index is 1200. The van der Waals surface area contributed by atoms with Crippen LogP contribution in [0.3, 0.4) is 0 Å². The zero-order valence-corrected chi connectivity index (χ0v) is 14.1. The third-order valence-corrected chi connectivity index (χ3v) is 4.80. The predicted molar refractivity (Wildman–Crippen MR) is 92.3 cm³/mol. The fraction of sp³-hybridized carbons (Fsp3) is 0.125. The number of hydrogen-bond donors (Lipinski definition) is 1. The maximum atomic E-state index is 11.3. The second kappa shape index (κ2) is 5.57. The van der Waals surface area contributed by atoms with Crippen molar-refractivity contribution in [1.82, 2.24) is 24.5 Å². The Morgan fingerprint density at radius 2 is 1.92 bits per heavy atom. The van der Waals surface area contributed by atoms with E-state index in [4.69, 9.17) is 5.14 Å². The summed E-state index contributed by atoms with van der Waals surface area (Å²) < 4.78 is 24.6. The number of primary sulfonamides is 1. The van der Waals surface area contributed by atoms with E-state index < -0.39 is 10.0 Å². The van der Waals surface area contributed by atoms with E-state index in [0.717, 1.165) is 22.1 Å². The van der Waals surface area contributed by atoms with Gasteiger partial charge in [-0.05, 0) is 31.2 Å². The van der Waals surface area contributed by atoms with Gasteiger partial charge < -0.3 is 4.57 Å². The van der Waals surface area contributed by atoms with Crippen molar-refractivity contribution in [2.24, 2.45) is 5.14 Å². The summed E-state index contributed by atoms with van der Waals surface area (Å²) in [6, 6.07) is 6.99. The van der Waals surface area contributed by atoms with E-state index in [1.165, 1.54) is 12.3 Å². The van der Waals surface area contributed by atoms with E-state index >= 15 is 0 Å². The van der Waals surface area contributed by atoms with Gasteiger partial charge in [0.25, 0.3) is 0 Å². The first-order valence-electron chi connectivity index (χ1n) is 7.47. The summed E-state index contributed by atoms with van der Waals surface area (Å²) in [5.74, 6) is 0. The molecule has 0 spiro atoms. The molecule has 126 valence electrons. The Morgan fingerprint density at radius 1 is 1.08 bits per heavy atom. The highest BCUT2D eigenvalue weighted by molar-refractivity contribution is 7.89. The van der Waals surface area contributed by atoms with E-state index in [-0.39, 0.29) is 4.90 Å². The maximum Gasteiger partial charge on any atom is 0.239 e. The Balaban J connectivity index is 1.79. The zero-order valence-electron chi connectivity index (χ0n) is 13.3. The Labute approximate surface area is 143 Å². The predicted octanol–water partition coefficient (Wildman–Crippen LogP) is 1.38. The van der Waals surface area contributed by atoms with Gasteiger partial charge >= 0.3 is 0 Å². The molecular formula is C16H14N6O2S. The number of imidazole rings is 1. The summed E-state index contributed by atoms with van der Waals surface area (Å²) in [6.45, 7) is 2.36. The largest absolute Gasteiger partial charge is 0.324 e. The highest BCUT2D eigenvalue weighted by Gasteiger charge is 2.12. The molecule has 0 atom stereocenters. The molecule has 0 aliphatic rings. The van der Waals surface area contributed by atoms with Crippen molar-refractivity contribution in [2.45, 2.75) is 18.4 Å². The van der Waals surface area contributed by atoms with Gasteiger partial charge in [0.05, 0.1) is 30.3 Å². The quantitative estimate of drug-likeness (QED) is 0.594. The minimum Gasteiger partial charge on any atom is -0.324 e. The van der Waals surface area contributed by atoms with E-state index in [1.54, 1.807) is 18.6 Å². The lowest BCUT2D eigenvalue weighted by Gasteiger charge is -2.07. The van der Waals surface area contributed by atoms with Crippen molar-refractivity contribution in [3.8, 4) is 0 Å². The number of aryl methyl sites for hydroxylation is 1. The van der Waals surface area contributed by atoms with E-state index in [0.29, 0.717) is 17.9 Å². The molecule has 0 fully saturated rings. The Hall–Kier alpha value is -2.91. The first kappa shape index (κ1) is 15.6. The smallest absolute Gasteiger partial charge is 0.239 e. The molecule has 2 N–H and O–H groups in total. The molecule has 0 saturated heterocycles.